The van der Waals surface area contributed by atoms with Gasteiger partial charge in [0.1, 0.15) is 0 Å². The van der Waals surface area contributed by atoms with E-state index in [4.69, 9.17) is 0 Å². The molecule has 2 aromatic carbocycles. The molecule has 0 bridgehead atoms. The zero-order valence-corrected chi connectivity index (χ0v) is 15.6. The minimum absolute atomic E-state index is 0.0643. The zero-order valence-electron chi connectivity index (χ0n) is 15.6. The van der Waals surface area contributed by atoms with E-state index in [0.29, 0.717) is 0 Å². The van der Waals surface area contributed by atoms with Crippen molar-refractivity contribution in [3.8, 4) is 11.1 Å². The Labute approximate surface area is 163 Å². The van der Waals surface area contributed by atoms with Crippen molar-refractivity contribution in [3.05, 3.63) is 78.8 Å². The van der Waals surface area contributed by atoms with Crippen molar-refractivity contribution < 1.29 is 4.79 Å². The molecule has 138 valence electrons. The summed E-state index contributed by atoms with van der Waals surface area (Å²) in [5.41, 5.74) is 4.43. The van der Waals surface area contributed by atoms with Gasteiger partial charge < -0.3 is 5.32 Å². The average Bonchev–Trinajstić information content (AvgIpc) is 3.43. The lowest BCUT2D eigenvalue weighted by atomic mass is 9.95. The van der Waals surface area contributed by atoms with Crippen LogP contribution in [0.15, 0.2) is 73.2 Å². The standard InChI is InChI=1S/C23H20N4O/c1-27-15-18(14-25-27)17-11-16-12-20(7-8-21(16)24-13-17)26-22(28)23(9-10-23)19-5-3-2-4-6-19/h2-8,11-15H,9-10H2,1H3,(H,26,28). The van der Waals surface area contributed by atoms with Crippen LogP contribution in [-0.2, 0) is 17.3 Å². The first-order chi connectivity index (χ1) is 13.6. The molecule has 0 aliphatic heterocycles. The fourth-order valence-electron chi connectivity index (χ4n) is 3.72. The summed E-state index contributed by atoms with van der Waals surface area (Å²) < 4.78 is 1.77. The number of hydrogen-bond acceptors (Lipinski definition) is 3. The number of rotatable bonds is 4. The molecule has 5 heteroatoms. The van der Waals surface area contributed by atoms with Crippen LogP contribution in [0.2, 0.25) is 0 Å². The molecule has 1 fully saturated rings. The normalized spacial score (nSPS) is 14.8. The molecule has 5 nitrogen and oxygen atoms in total. The number of carbonyl (C=O) groups is 1. The molecule has 0 radical (unpaired) electrons. The van der Waals surface area contributed by atoms with Gasteiger partial charge >= 0.3 is 0 Å². The SMILES string of the molecule is Cn1cc(-c2cnc3ccc(NC(=O)C4(c5ccccc5)CC4)cc3c2)cn1. The Balaban J connectivity index is 1.44. The number of aryl methyl sites for hydroxylation is 1. The molecule has 0 unspecified atom stereocenters. The number of nitrogens with one attached hydrogen (secondary N) is 1. The first-order valence-corrected chi connectivity index (χ1v) is 9.40. The van der Waals surface area contributed by atoms with Crippen LogP contribution in [0.1, 0.15) is 18.4 Å². The van der Waals surface area contributed by atoms with E-state index in [2.05, 4.69) is 21.5 Å². The number of amides is 1. The summed E-state index contributed by atoms with van der Waals surface area (Å²) in [6.45, 7) is 0. The predicted octanol–water partition coefficient (Wildman–Crippen LogP) is 4.31. The number of anilines is 1. The molecule has 4 aromatic rings. The summed E-state index contributed by atoms with van der Waals surface area (Å²) in [4.78, 5) is 17.5. The molecule has 0 spiro atoms. The van der Waals surface area contributed by atoms with Gasteiger partial charge in [-0.25, -0.2) is 0 Å². The Morgan fingerprint density at radius 2 is 1.86 bits per heavy atom. The minimum atomic E-state index is -0.383. The van der Waals surface area contributed by atoms with E-state index in [1.807, 2.05) is 74.2 Å². The summed E-state index contributed by atoms with van der Waals surface area (Å²) >= 11 is 0. The molecule has 5 rings (SSSR count). The highest BCUT2D eigenvalue weighted by atomic mass is 16.2. The van der Waals surface area contributed by atoms with Crippen LogP contribution in [-0.4, -0.2) is 20.7 Å². The molecular weight excluding hydrogens is 348 g/mol. The summed E-state index contributed by atoms with van der Waals surface area (Å²) in [5, 5.41) is 8.33. The van der Waals surface area contributed by atoms with Crippen molar-refractivity contribution in [1.82, 2.24) is 14.8 Å². The van der Waals surface area contributed by atoms with Gasteiger partial charge in [0, 0.05) is 41.6 Å². The van der Waals surface area contributed by atoms with Crippen molar-refractivity contribution >= 4 is 22.5 Å². The van der Waals surface area contributed by atoms with Crippen LogP contribution in [0, 0.1) is 0 Å². The van der Waals surface area contributed by atoms with Crippen LogP contribution >= 0.6 is 0 Å². The van der Waals surface area contributed by atoms with Gasteiger partial charge in [0.25, 0.3) is 0 Å². The van der Waals surface area contributed by atoms with Gasteiger partial charge in [0.2, 0.25) is 5.91 Å². The first-order valence-electron chi connectivity index (χ1n) is 9.40. The highest BCUT2D eigenvalue weighted by molar-refractivity contribution is 6.02. The second-order valence-electron chi connectivity index (χ2n) is 7.44. The van der Waals surface area contributed by atoms with Gasteiger partial charge in [-0.2, -0.15) is 5.10 Å². The minimum Gasteiger partial charge on any atom is -0.325 e. The molecule has 0 saturated heterocycles. The highest BCUT2D eigenvalue weighted by Gasteiger charge is 2.51. The van der Waals surface area contributed by atoms with Gasteiger partial charge in [-0.15, -0.1) is 0 Å². The molecule has 1 N–H and O–H groups in total. The van der Waals surface area contributed by atoms with Gasteiger partial charge in [0.15, 0.2) is 0 Å². The molecule has 0 atom stereocenters. The maximum absolute atomic E-state index is 13.0. The third-order valence-electron chi connectivity index (χ3n) is 5.49. The molecule has 1 saturated carbocycles. The van der Waals surface area contributed by atoms with Crippen LogP contribution in [0.25, 0.3) is 22.0 Å². The third kappa shape index (κ3) is 2.85. The van der Waals surface area contributed by atoms with Crippen molar-refractivity contribution in [2.24, 2.45) is 7.05 Å². The summed E-state index contributed by atoms with van der Waals surface area (Å²) in [7, 11) is 1.89. The Bertz CT molecular complexity index is 1180. The fraction of sp³-hybridized carbons (Fsp3) is 0.174. The van der Waals surface area contributed by atoms with E-state index >= 15 is 0 Å². The van der Waals surface area contributed by atoms with Crippen LogP contribution in [0.4, 0.5) is 5.69 Å². The monoisotopic (exact) mass is 368 g/mol. The molecule has 28 heavy (non-hydrogen) atoms. The highest BCUT2D eigenvalue weighted by Crippen LogP contribution is 2.49. The second-order valence-corrected chi connectivity index (χ2v) is 7.44. The fourth-order valence-corrected chi connectivity index (χ4v) is 3.72. The van der Waals surface area contributed by atoms with E-state index in [9.17, 15) is 4.79 Å². The predicted molar refractivity (Wildman–Crippen MR) is 110 cm³/mol. The van der Waals surface area contributed by atoms with Crippen LogP contribution < -0.4 is 5.32 Å². The van der Waals surface area contributed by atoms with Crippen molar-refractivity contribution in [1.29, 1.82) is 0 Å². The van der Waals surface area contributed by atoms with E-state index in [1.165, 1.54) is 0 Å². The number of aromatic nitrogens is 3. The largest absolute Gasteiger partial charge is 0.325 e. The number of benzene rings is 2. The molecule has 1 aliphatic rings. The lowest BCUT2D eigenvalue weighted by Crippen LogP contribution is -2.27. The molecule has 2 heterocycles. The molecule has 1 amide bonds. The number of hydrogen-bond donors (Lipinski definition) is 1. The van der Waals surface area contributed by atoms with Crippen molar-refractivity contribution in [2.45, 2.75) is 18.3 Å². The Morgan fingerprint density at radius 1 is 1.04 bits per heavy atom. The van der Waals surface area contributed by atoms with E-state index in [-0.39, 0.29) is 11.3 Å². The van der Waals surface area contributed by atoms with E-state index in [0.717, 1.165) is 46.1 Å². The number of nitrogens with zero attached hydrogens (tertiary/aromatic N) is 3. The Kier molecular flexibility index (Phi) is 3.76. The van der Waals surface area contributed by atoms with Gasteiger partial charge in [0.05, 0.1) is 17.1 Å². The smallest absolute Gasteiger partial charge is 0.235 e. The zero-order chi connectivity index (χ0) is 19.1. The first kappa shape index (κ1) is 16.7. The number of carbonyl (C=O) groups excluding carboxylic acids is 1. The summed E-state index contributed by atoms with van der Waals surface area (Å²) in [6.07, 6.45) is 7.43. The Morgan fingerprint density at radius 3 is 2.57 bits per heavy atom. The van der Waals surface area contributed by atoms with Gasteiger partial charge in [-0.05, 0) is 42.7 Å². The van der Waals surface area contributed by atoms with Gasteiger partial charge in [-0.3, -0.25) is 14.5 Å². The van der Waals surface area contributed by atoms with Crippen molar-refractivity contribution in [2.75, 3.05) is 5.32 Å². The van der Waals surface area contributed by atoms with E-state index in [1.54, 1.807) is 4.68 Å². The quantitative estimate of drug-likeness (QED) is 0.584. The number of pyridine rings is 1. The Hall–Kier alpha value is -3.47. The lowest BCUT2D eigenvalue weighted by Gasteiger charge is -2.16. The van der Waals surface area contributed by atoms with E-state index < -0.39 is 0 Å². The maximum Gasteiger partial charge on any atom is 0.235 e. The topological polar surface area (TPSA) is 59.8 Å². The van der Waals surface area contributed by atoms with Crippen molar-refractivity contribution in [3.63, 3.8) is 0 Å². The lowest BCUT2D eigenvalue weighted by molar-refractivity contribution is -0.118. The molecule has 1 aliphatic carbocycles. The summed E-state index contributed by atoms with van der Waals surface area (Å²) in [6, 6.07) is 18.0. The second kappa shape index (κ2) is 6.30. The van der Waals surface area contributed by atoms with Gasteiger partial charge in [-0.1, -0.05) is 30.3 Å². The average molecular weight is 368 g/mol. The van der Waals surface area contributed by atoms with Crippen LogP contribution in [0.3, 0.4) is 0 Å². The third-order valence-corrected chi connectivity index (χ3v) is 5.49. The molecular formula is C23H20N4O. The summed E-state index contributed by atoms with van der Waals surface area (Å²) in [5.74, 6) is 0.0643. The van der Waals surface area contributed by atoms with Crippen LogP contribution in [0.5, 0.6) is 0 Å². The molecule has 2 aromatic heterocycles. The maximum atomic E-state index is 13.0. The number of fused-ring (bicyclic) bond motifs is 1.